The van der Waals surface area contributed by atoms with E-state index in [4.69, 9.17) is 0 Å². The van der Waals surface area contributed by atoms with Gasteiger partial charge in [-0.3, -0.25) is 5.10 Å². The largest absolute Gasteiger partial charge is 0.337 e. The summed E-state index contributed by atoms with van der Waals surface area (Å²) in [5.74, 6) is 1.03. The Bertz CT molecular complexity index is 442. The third kappa shape index (κ3) is 2.96. The summed E-state index contributed by atoms with van der Waals surface area (Å²) < 4.78 is 2.17. The predicted octanol–water partition coefficient (Wildman–Crippen LogP) is 2.92. The molecule has 0 aromatic carbocycles. The number of aromatic amines is 1. The van der Waals surface area contributed by atoms with Gasteiger partial charge in [-0.25, -0.2) is 4.98 Å². The Hall–Kier alpha value is -1.58. The zero-order chi connectivity index (χ0) is 12.3. The molecular formula is C13H20N4. The highest BCUT2D eigenvalue weighted by atomic mass is 15.1. The van der Waals surface area contributed by atoms with Crippen molar-refractivity contribution in [1.82, 2.24) is 19.7 Å². The van der Waals surface area contributed by atoms with E-state index in [1.165, 1.54) is 11.3 Å². The summed E-state index contributed by atoms with van der Waals surface area (Å²) in [6.07, 6.45) is 9.05. The Labute approximate surface area is 102 Å². The van der Waals surface area contributed by atoms with Crippen LogP contribution in [-0.4, -0.2) is 19.7 Å². The molecule has 1 N–H and O–H groups in total. The molecule has 0 aliphatic heterocycles. The summed E-state index contributed by atoms with van der Waals surface area (Å²) in [7, 11) is 0. The maximum atomic E-state index is 4.40. The molecule has 0 radical (unpaired) electrons. The van der Waals surface area contributed by atoms with Crippen LogP contribution in [0.2, 0.25) is 0 Å². The Kier molecular flexibility index (Phi) is 3.61. The molecule has 4 nitrogen and oxygen atoms in total. The summed E-state index contributed by atoms with van der Waals surface area (Å²) >= 11 is 0. The van der Waals surface area contributed by atoms with Gasteiger partial charge in [0.05, 0.1) is 18.2 Å². The average Bonchev–Trinajstić information content (AvgIpc) is 2.97. The molecule has 0 spiro atoms. The fourth-order valence-corrected chi connectivity index (χ4v) is 1.84. The van der Waals surface area contributed by atoms with E-state index in [0.717, 1.165) is 13.0 Å². The van der Waals surface area contributed by atoms with Crippen LogP contribution in [0.1, 0.15) is 50.3 Å². The number of hydrogen-bond donors (Lipinski definition) is 1. The minimum absolute atomic E-state index is 0.502. The van der Waals surface area contributed by atoms with Gasteiger partial charge in [-0.15, -0.1) is 0 Å². The number of H-pyrrole nitrogens is 1. The van der Waals surface area contributed by atoms with Crippen molar-refractivity contribution >= 4 is 0 Å². The molecule has 0 amide bonds. The molecule has 2 heterocycles. The Morgan fingerprint density at radius 3 is 2.76 bits per heavy atom. The minimum atomic E-state index is 0.502. The van der Waals surface area contributed by atoms with E-state index < -0.39 is 0 Å². The maximum Gasteiger partial charge on any atom is 0.0949 e. The zero-order valence-corrected chi connectivity index (χ0v) is 10.7. The van der Waals surface area contributed by atoms with Crippen LogP contribution >= 0.6 is 0 Å². The summed E-state index contributed by atoms with van der Waals surface area (Å²) in [5, 5.41) is 6.84. The van der Waals surface area contributed by atoms with E-state index in [1.54, 1.807) is 0 Å². The normalized spacial score (nSPS) is 13.2. The summed E-state index contributed by atoms with van der Waals surface area (Å²) in [6.45, 7) is 7.57. The van der Waals surface area contributed by atoms with Crippen LogP contribution in [0.5, 0.6) is 0 Å². The summed E-state index contributed by atoms with van der Waals surface area (Å²) in [4.78, 5) is 4.40. The van der Waals surface area contributed by atoms with E-state index in [-0.39, 0.29) is 0 Å². The Morgan fingerprint density at radius 1 is 1.35 bits per heavy atom. The van der Waals surface area contributed by atoms with Gasteiger partial charge in [0.1, 0.15) is 0 Å². The maximum absolute atomic E-state index is 4.40. The molecule has 4 heteroatoms. The molecule has 0 aliphatic rings. The van der Waals surface area contributed by atoms with Crippen molar-refractivity contribution < 1.29 is 0 Å². The van der Waals surface area contributed by atoms with Crippen LogP contribution in [0.4, 0.5) is 0 Å². The molecule has 0 bridgehead atoms. The van der Waals surface area contributed by atoms with Gasteiger partial charge in [-0.1, -0.05) is 20.8 Å². The molecular weight excluding hydrogens is 212 g/mol. The molecule has 0 fully saturated rings. The number of hydrogen-bond acceptors (Lipinski definition) is 2. The lowest BCUT2D eigenvalue weighted by molar-refractivity contribution is 0.575. The quantitative estimate of drug-likeness (QED) is 0.861. The van der Waals surface area contributed by atoms with Crippen molar-refractivity contribution in [2.24, 2.45) is 0 Å². The smallest absolute Gasteiger partial charge is 0.0949 e. The lowest BCUT2D eigenvalue weighted by Crippen LogP contribution is -2.00. The van der Waals surface area contributed by atoms with Gasteiger partial charge in [-0.05, 0) is 23.8 Å². The van der Waals surface area contributed by atoms with Crippen LogP contribution in [0, 0.1) is 0 Å². The Morgan fingerprint density at radius 2 is 2.18 bits per heavy atom. The van der Waals surface area contributed by atoms with Gasteiger partial charge in [0.15, 0.2) is 0 Å². The van der Waals surface area contributed by atoms with Crippen LogP contribution < -0.4 is 0 Å². The molecule has 2 aromatic rings. The number of imidazole rings is 1. The highest BCUT2D eigenvalue weighted by Crippen LogP contribution is 2.18. The molecule has 1 atom stereocenters. The first-order chi connectivity index (χ1) is 8.16. The fourth-order valence-electron chi connectivity index (χ4n) is 1.84. The van der Waals surface area contributed by atoms with Crippen molar-refractivity contribution in [1.29, 1.82) is 0 Å². The molecule has 2 aromatic heterocycles. The van der Waals surface area contributed by atoms with Gasteiger partial charge in [-0.2, -0.15) is 5.10 Å². The second kappa shape index (κ2) is 5.17. The third-order valence-electron chi connectivity index (χ3n) is 3.15. The summed E-state index contributed by atoms with van der Waals surface area (Å²) in [5.41, 5.74) is 2.44. The molecule has 0 saturated carbocycles. The van der Waals surface area contributed by atoms with Crippen LogP contribution in [0.15, 0.2) is 24.9 Å². The molecule has 92 valence electrons. The Balaban J connectivity index is 1.89. The zero-order valence-electron chi connectivity index (χ0n) is 10.7. The monoisotopic (exact) mass is 232 g/mol. The SMILES string of the molecule is CC(C)c1cn(CCC(C)c2cn[nH]c2)cn1. The lowest BCUT2D eigenvalue weighted by Gasteiger charge is -2.09. The molecule has 0 aliphatic carbocycles. The van der Waals surface area contributed by atoms with Gasteiger partial charge in [0.25, 0.3) is 0 Å². The predicted molar refractivity (Wildman–Crippen MR) is 67.9 cm³/mol. The molecule has 1 unspecified atom stereocenters. The molecule has 17 heavy (non-hydrogen) atoms. The topological polar surface area (TPSA) is 46.5 Å². The first-order valence-corrected chi connectivity index (χ1v) is 6.17. The van der Waals surface area contributed by atoms with Crippen molar-refractivity contribution in [3.63, 3.8) is 0 Å². The van der Waals surface area contributed by atoms with Crippen molar-refractivity contribution in [3.05, 3.63) is 36.2 Å². The number of nitrogens with one attached hydrogen (secondary N) is 1. The average molecular weight is 232 g/mol. The van der Waals surface area contributed by atoms with E-state index in [2.05, 4.69) is 46.7 Å². The van der Waals surface area contributed by atoms with E-state index in [1.807, 2.05) is 18.7 Å². The van der Waals surface area contributed by atoms with Gasteiger partial charge in [0.2, 0.25) is 0 Å². The van der Waals surface area contributed by atoms with Crippen molar-refractivity contribution in [3.8, 4) is 0 Å². The first-order valence-electron chi connectivity index (χ1n) is 6.17. The van der Waals surface area contributed by atoms with Gasteiger partial charge in [0, 0.05) is 18.9 Å². The van der Waals surface area contributed by atoms with Crippen molar-refractivity contribution in [2.75, 3.05) is 0 Å². The number of aromatic nitrogens is 4. The standard InChI is InChI=1S/C13H20N4/c1-10(2)13-8-17(9-14-13)5-4-11(3)12-6-15-16-7-12/h6-11H,4-5H2,1-3H3,(H,15,16). The fraction of sp³-hybridized carbons (Fsp3) is 0.538. The van der Waals surface area contributed by atoms with E-state index in [9.17, 15) is 0 Å². The summed E-state index contributed by atoms with van der Waals surface area (Å²) in [6, 6.07) is 0. The highest BCUT2D eigenvalue weighted by Gasteiger charge is 2.08. The van der Waals surface area contributed by atoms with Crippen LogP contribution in [-0.2, 0) is 6.54 Å². The molecule has 2 rings (SSSR count). The molecule has 0 saturated heterocycles. The lowest BCUT2D eigenvalue weighted by atomic mass is 10.0. The van der Waals surface area contributed by atoms with Gasteiger partial charge >= 0.3 is 0 Å². The van der Waals surface area contributed by atoms with E-state index in [0.29, 0.717) is 11.8 Å². The third-order valence-corrected chi connectivity index (χ3v) is 3.15. The van der Waals surface area contributed by atoms with Crippen molar-refractivity contribution in [2.45, 2.75) is 45.6 Å². The minimum Gasteiger partial charge on any atom is -0.337 e. The second-order valence-corrected chi connectivity index (χ2v) is 4.91. The number of aryl methyl sites for hydroxylation is 1. The van der Waals surface area contributed by atoms with Crippen LogP contribution in [0.25, 0.3) is 0 Å². The first kappa shape index (κ1) is 11.9. The second-order valence-electron chi connectivity index (χ2n) is 4.91. The number of rotatable bonds is 5. The van der Waals surface area contributed by atoms with E-state index >= 15 is 0 Å². The highest BCUT2D eigenvalue weighted by molar-refractivity contribution is 5.09. The van der Waals surface area contributed by atoms with Gasteiger partial charge < -0.3 is 4.57 Å². The van der Waals surface area contributed by atoms with Crippen LogP contribution in [0.3, 0.4) is 0 Å². The number of nitrogens with zero attached hydrogens (tertiary/aromatic N) is 3.